The molecular formula is C19H24ClN5O2. The van der Waals surface area contributed by atoms with Gasteiger partial charge >= 0.3 is 0 Å². The number of anilines is 1. The number of nitrogens with zero attached hydrogens (tertiary/aromatic N) is 2. The SMILES string of the molecule is CC(NC(=O)c1n[nH]c2c1CNCC2)c1cccc(N2CCCC2=O)c1.Cl. The van der Waals surface area contributed by atoms with Gasteiger partial charge in [0.05, 0.1) is 6.04 Å². The summed E-state index contributed by atoms with van der Waals surface area (Å²) in [6.07, 6.45) is 2.36. The molecule has 0 spiro atoms. The molecule has 3 N–H and O–H groups in total. The highest BCUT2D eigenvalue weighted by molar-refractivity contribution is 5.96. The molecule has 2 aliphatic heterocycles. The van der Waals surface area contributed by atoms with Crippen LogP contribution in [-0.2, 0) is 17.8 Å². The van der Waals surface area contributed by atoms with Crippen LogP contribution in [-0.4, -0.2) is 35.1 Å². The van der Waals surface area contributed by atoms with Crippen molar-refractivity contribution in [1.82, 2.24) is 20.8 Å². The van der Waals surface area contributed by atoms with Gasteiger partial charge in [-0.2, -0.15) is 5.10 Å². The third kappa shape index (κ3) is 3.84. The first-order valence-corrected chi connectivity index (χ1v) is 9.11. The molecule has 1 atom stereocenters. The molecule has 1 fully saturated rings. The molecule has 7 nitrogen and oxygen atoms in total. The highest BCUT2D eigenvalue weighted by atomic mass is 35.5. The summed E-state index contributed by atoms with van der Waals surface area (Å²) in [6.45, 7) is 4.26. The standard InChI is InChI=1S/C19H23N5O2.ClH/c1-12(13-4-2-5-14(10-13)24-9-3-6-17(24)25)21-19(26)18-15-11-20-8-7-16(15)22-23-18;/h2,4-5,10,12,20H,3,6-9,11H2,1H3,(H,21,26)(H,22,23);1H. The van der Waals surface area contributed by atoms with Crippen molar-refractivity contribution in [3.05, 3.63) is 46.8 Å². The fourth-order valence-corrected chi connectivity index (χ4v) is 3.64. The van der Waals surface area contributed by atoms with Gasteiger partial charge in [-0.05, 0) is 31.0 Å². The quantitative estimate of drug-likeness (QED) is 0.746. The Bertz CT molecular complexity index is 850. The molecule has 4 rings (SSSR count). The van der Waals surface area contributed by atoms with Gasteiger partial charge in [0.15, 0.2) is 5.69 Å². The summed E-state index contributed by atoms with van der Waals surface area (Å²) >= 11 is 0. The molecule has 8 heteroatoms. The molecule has 27 heavy (non-hydrogen) atoms. The zero-order chi connectivity index (χ0) is 18.1. The Kier molecular flexibility index (Phi) is 5.82. The molecular weight excluding hydrogens is 366 g/mol. The van der Waals surface area contributed by atoms with E-state index in [0.29, 0.717) is 18.7 Å². The van der Waals surface area contributed by atoms with E-state index < -0.39 is 0 Å². The minimum absolute atomic E-state index is 0. The Hall–Kier alpha value is -2.38. The maximum absolute atomic E-state index is 12.7. The Morgan fingerprint density at radius 1 is 1.33 bits per heavy atom. The van der Waals surface area contributed by atoms with Crippen LogP contribution in [0.2, 0.25) is 0 Å². The molecule has 1 aromatic heterocycles. The smallest absolute Gasteiger partial charge is 0.272 e. The molecule has 2 aliphatic rings. The van der Waals surface area contributed by atoms with E-state index in [1.54, 1.807) is 0 Å². The fraction of sp³-hybridized carbons (Fsp3) is 0.421. The number of rotatable bonds is 4. The largest absolute Gasteiger partial charge is 0.344 e. The zero-order valence-electron chi connectivity index (χ0n) is 15.2. The maximum Gasteiger partial charge on any atom is 0.272 e. The number of carbonyl (C=O) groups is 2. The Morgan fingerprint density at radius 3 is 2.96 bits per heavy atom. The molecule has 1 unspecified atom stereocenters. The van der Waals surface area contributed by atoms with Gasteiger partial charge in [-0.3, -0.25) is 14.7 Å². The normalized spacial score (nSPS) is 17.2. The number of benzene rings is 1. The van der Waals surface area contributed by atoms with E-state index in [4.69, 9.17) is 0 Å². The summed E-state index contributed by atoms with van der Waals surface area (Å²) < 4.78 is 0. The van der Waals surface area contributed by atoms with Crippen molar-refractivity contribution < 1.29 is 9.59 Å². The summed E-state index contributed by atoms with van der Waals surface area (Å²) in [5, 5.41) is 13.5. The Balaban J connectivity index is 0.00000210. The minimum atomic E-state index is -0.179. The number of carbonyl (C=O) groups excluding carboxylic acids is 2. The summed E-state index contributed by atoms with van der Waals surface area (Å²) in [6, 6.07) is 7.65. The Labute approximate surface area is 164 Å². The molecule has 0 saturated carbocycles. The van der Waals surface area contributed by atoms with Crippen LogP contribution in [0.5, 0.6) is 0 Å². The van der Waals surface area contributed by atoms with E-state index >= 15 is 0 Å². The predicted octanol–water partition coefficient (Wildman–Crippen LogP) is 2.09. The lowest BCUT2D eigenvalue weighted by Crippen LogP contribution is -2.30. The van der Waals surface area contributed by atoms with Crippen molar-refractivity contribution >= 4 is 29.9 Å². The summed E-state index contributed by atoms with van der Waals surface area (Å²) in [5.74, 6) is -0.0177. The molecule has 1 aromatic carbocycles. The van der Waals surface area contributed by atoms with Gasteiger partial charge in [-0.1, -0.05) is 12.1 Å². The van der Waals surface area contributed by atoms with Crippen molar-refractivity contribution in [2.75, 3.05) is 18.0 Å². The second kappa shape index (κ2) is 8.10. The van der Waals surface area contributed by atoms with Crippen molar-refractivity contribution in [1.29, 1.82) is 0 Å². The summed E-state index contributed by atoms with van der Waals surface area (Å²) in [7, 11) is 0. The van der Waals surface area contributed by atoms with E-state index in [2.05, 4.69) is 20.8 Å². The van der Waals surface area contributed by atoms with Crippen LogP contribution >= 0.6 is 12.4 Å². The molecule has 0 aliphatic carbocycles. The van der Waals surface area contributed by atoms with Gasteiger partial charge in [0.1, 0.15) is 0 Å². The van der Waals surface area contributed by atoms with Crippen molar-refractivity contribution in [2.45, 2.75) is 38.8 Å². The lowest BCUT2D eigenvalue weighted by Gasteiger charge is -2.20. The topological polar surface area (TPSA) is 90.1 Å². The lowest BCUT2D eigenvalue weighted by molar-refractivity contribution is -0.117. The lowest BCUT2D eigenvalue weighted by atomic mass is 10.0. The molecule has 2 aromatic rings. The van der Waals surface area contributed by atoms with Gasteiger partial charge in [-0.25, -0.2) is 0 Å². The average molecular weight is 390 g/mol. The first-order valence-electron chi connectivity index (χ1n) is 9.11. The van der Waals surface area contributed by atoms with Crippen LogP contribution in [0.1, 0.15) is 53.1 Å². The minimum Gasteiger partial charge on any atom is -0.344 e. The van der Waals surface area contributed by atoms with Crippen molar-refractivity contribution in [3.8, 4) is 0 Å². The molecule has 3 heterocycles. The van der Waals surface area contributed by atoms with Gasteiger partial charge in [-0.15, -0.1) is 12.4 Å². The van der Waals surface area contributed by atoms with Crippen LogP contribution in [0, 0.1) is 0 Å². The van der Waals surface area contributed by atoms with Gasteiger partial charge in [0.25, 0.3) is 5.91 Å². The van der Waals surface area contributed by atoms with Gasteiger partial charge < -0.3 is 15.5 Å². The molecule has 1 saturated heterocycles. The third-order valence-electron chi connectivity index (χ3n) is 5.12. The van der Waals surface area contributed by atoms with Gasteiger partial charge in [0, 0.05) is 49.4 Å². The number of aromatic amines is 1. The van der Waals surface area contributed by atoms with Crippen LogP contribution in [0.15, 0.2) is 24.3 Å². The summed E-state index contributed by atoms with van der Waals surface area (Å²) in [5.41, 5.74) is 4.32. The van der Waals surface area contributed by atoms with E-state index in [1.165, 1.54) is 0 Å². The predicted molar refractivity (Wildman–Crippen MR) is 105 cm³/mol. The van der Waals surface area contributed by atoms with E-state index in [9.17, 15) is 9.59 Å². The van der Waals surface area contributed by atoms with Crippen LogP contribution in [0.25, 0.3) is 0 Å². The number of hydrogen-bond acceptors (Lipinski definition) is 4. The van der Waals surface area contributed by atoms with Crippen LogP contribution in [0.4, 0.5) is 5.69 Å². The first kappa shape index (κ1) is 19.4. The first-order chi connectivity index (χ1) is 12.6. The van der Waals surface area contributed by atoms with Crippen molar-refractivity contribution in [3.63, 3.8) is 0 Å². The molecule has 2 amide bonds. The third-order valence-corrected chi connectivity index (χ3v) is 5.12. The monoisotopic (exact) mass is 389 g/mol. The van der Waals surface area contributed by atoms with Gasteiger partial charge in [0.2, 0.25) is 5.91 Å². The molecule has 0 radical (unpaired) electrons. The zero-order valence-corrected chi connectivity index (χ0v) is 16.1. The van der Waals surface area contributed by atoms with Crippen LogP contribution in [0.3, 0.4) is 0 Å². The summed E-state index contributed by atoms with van der Waals surface area (Å²) in [4.78, 5) is 26.4. The number of aromatic nitrogens is 2. The number of H-pyrrole nitrogens is 1. The number of halogens is 1. The molecule has 0 bridgehead atoms. The van der Waals surface area contributed by atoms with E-state index in [-0.39, 0.29) is 30.3 Å². The number of amides is 2. The second-order valence-corrected chi connectivity index (χ2v) is 6.90. The fourth-order valence-electron chi connectivity index (χ4n) is 3.64. The number of fused-ring (bicyclic) bond motifs is 1. The average Bonchev–Trinajstić information content (AvgIpc) is 3.28. The molecule has 144 valence electrons. The number of nitrogens with one attached hydrogen (secondary N) is 3. The Morgan fingerprint density at radius 2 is 2.19 bits per heavy atom. The highest BCUT2D eigenvalue weighted by Crippen LogP contribution is 2.25. The number of hydrogen-bond donors (Lipinski definition) is 3. The maximum atomic E-state index is 12.7. The van der Waals surface area contributed by atoms with E-state index in [1.807, 2.05) is 36.1 Å². The van der Waals surface area contributed by atoms with Crippen molar-refractivity contribution in [2.24, 2.45) is 0 Å². The van der Waals surface area contributed by atoms with E-state index in [0.717, 1.165) is 48.4 Å². The highest BCUT2D eigenvalue weighted by Gasteiger charge is 2.24. The van der Waals surface area contributed by atoms with Crippen LogP contribution < -0.4 is 15.5 Å². The second-order valence-electron chi connectivity index (χ2n) is 6.90.